The third-order valence-corrected chi connectivity index (χ3v) is 4.68. The minimum absolute atomic E-state index is 0.252. The molecule has 0 radical (unpaired) electrons. The Morgan fingerprint density at radius 3 is 2.74 bits per heavy atom. The van der Waals surface area contributed by atoms with Crippen molar-refractivity contribution in [2.45, 2.75) is 32.9 Å². The number of carbonyl (C=O) groups is 1. The van der Waals surface area contributed by atoms with Gasteiger partial charge in [0, 0.05) is 12.6 Å². The third kappa shape index (κ3) is 4.89. The summed E-state index contributed by atoms with van der Waals surface area (Å²) in [5.74, 6) is 0.0235. The van der Waals surface area contributed by atoms with Crippen LogP contribution in [0.4, 0.5) is 11.4 Å². The normalized spacial score (nSPS) is 15.9. The number of hydrogen-bond acceptors (Lipinski definition) is 4. The fraction of sp³-hybridized carbons (Fsp3) is 0.318. The maximum atomic E-state index is 11.2. The molecular weight excluding hydrogens is 338 g/mol. The molecule has 0 saturated heterocycles. The van der Waals surface area contributed by atoms with Crippen LogP contribution in [0, 0.1) is 5.92 Å². The molecule has 1 atom stereocenters. The number of anilines is 2. The molecule has 1 aliphatic rings. The van der Waals surface area contributed by atoms with Crippen LogP contribution >= 0.6 is 0 Å². The molecule has 3 rings (SSSR count). The van der Waals surface area contributed by atoms with Gasteiger partial charge in [0.1, 0.15) is 0 Å². The summed E-state index contributed by atoms with van der Waals surface area (Å²) in [4.78, 5) is 13.6. The number of amides is 1. The van der Waals surface area contributed by atoms with Crippen LogP contribution in [0.15, 0.2) is 54.6 Å². The third-order valence-electron chi connectivity index (χ3n) is 4.68. The average molecular weight is 365 g/mol. The van der Waals surface area contributed by atoms with Crippen molar-refractivity contribution in [3.05, 3.63) is 65.7 Å². The van der Waals surface area contributed by atoms with Gasteiger partial charge in [0.2, 0.25) is 0 Å². The van der Waals surface area contributed by atoms with E-state index in [-0.39, 0.29) is 6.17 Å². The first-order valence-corrected chi connectivity index (χ1v) is 9.40. The number of aryl methyl sites for hydroxylation is 1. The summed E-state index contributed by atoms with van der Waals surface area (Å²) >= 11 is 0. The maximum absolute atomic E-state index is 11.2. The van der Waals surface area contributed by atoms with E-state index in [4.69, 9.17) is 5.21 Å². The van der Waals surface area contributed by atoms with Crippen LogP contribution in [0.5, 0.6) is 0 Å². The fourth-order valence-corrected chi connectivity index (χ4v) is 3.45. The van der Waals surface area contributed by atoms with Crippen molar-refractivity contribution in [3.63, 3.8) is 0 Å². The van der Waals surface area contributed by atoms with E-state index in [0.717, 1.165) is 30.6 Å². The molecule has 142 valence electrons. The highest BCUT2D eigenvalue weighted by molar-refractivity contribution is 5.91. The van der Waals surface area contributed by atoms with E-state index in [1.807, 2.05) is 18.2 Å². The molecule has 0 bridgehead atoms. The Morgan fingerprint density at radius 1 is 1.26 bits per heavy atom. The first kappa shape index (κ1) is 19.0. The summed E-state index contributed by atoms with van der Waals surface area (Å²) in [7, 11) is 0. The Balaban J connectivity index is 1.76. The molecule has 1 heterocycles. The van der Waals surface area contributed by atoms with Crippen molar-refractivity contribution in [1.29, 1.82) is 0 Å². The number of hydroxylamine groups is 1. The highest BCUT2D eigenvalue weighted by atomic mass is 16.5. The average Bonchev–Trinajstić information content (AvgIpc) is 3.01. The van der Waals surface area contributed by atoms with Gasteiger partial charge in [0.25, 0.3) is 5.91 Å². The van der Waals surface area contributed by atoms with Crippen LogP contribution in [0.2, 0.25) is 0 Å². The first-order valence-electron chi connectivity index (χ1n) is 9.40. The van der Waals surface area contributed by atoms with E-state index in [1.54, 1.807) is 11.6 Å². The van der Waals surface area contributed by atoms with Gasteiger partial charge in [-0.15, -0.1) is 0 Å². The molecule has 27 heavy (non-hydrogen) atoms. The number of hydrogen-bond donors (Lipinski definition) is 3. The van der Waals surface area contributed by atoms with Crippen molar-refractivity contribution in [2.24, 2.45) is 5.92 Å². The van der Waals surface area contributed by atoms with Crippen molar-refractivity contribution < 1.29 is 10.0 Å². The Hall–Kier alpha value is -2.79. The summed E-state index contributed by atoms with van der Waals surface area (Å²) < 4.78 is 0. The predicted molar refractivity (Wildman–Crippen MR) is 110 cm³/mol. The SMILES string of the molecule is CC(C)CN1c2ccc(/C=C/C(=O)NO)cc2NC1CCc1ccccc1. The van der Waals surface area contributed by atoms with Crippen LogP contribution in [-0.4, -0.2) is 23.8 Å². The Labute approximate surface area is 160 Å². The molecule has 5 heteroatoms. The van der Waals surface area contributed by atoms with Gasteiger partial charge in [0.05, 0.1) is 17.5 Å². The zero-order chi connectivity index (χ0) is 19.2. The highest BCUT2D eigenvalue weighted by Crippen LogP contribution is 2.37. The topological polar surface area (TPSA) is 64.6 Å². The van der Waals surface area contributed by atoms with Gasteiger partial charge in [-0.25, -0.2) is 5.48 Å². The van der Waals surface area contributed by atoms with Gasteiger partial charge in [-0.2, -0.15) is 0 Å². The predicted octanol–water partition coefficient (Wildman–Crippen LogP) is 4.05. The maximum Gasteiger partial charge on any atom is 0.267 e. The second kappa shape index (κ2) is 8.73. The van der Waals surface area contributed by atoms with E-state index < -0.39 is 5.91 Å². The van der Waals surface area contributed by atoms with Crippen molar-refractivity contribution >= 4 is 23.4 Å². The van der Waals surface area contributed by atoms with Gasteiger partial charge in [-0.1, -0.05) is 50.2 Å². The second-order valence-electron chi connectivity index (χ2n) is 7.32. The van der Waals surface area contributed by atoms with E-state index in [9.17, 15) is 4.79 Å². The van der Waals surface area contributed by atoms with Crippen LogP contribution in [0.25, 0.3) is 6.08 Å². The fourth-order valence-electron chi connectivity index (χ4n) is 3.45. The molecule has 0 saturated carbocycles. The summed E-state index contributed by atoms with van der Waals surface area (Å²) in [6.45, 7) is 5.45. The number of benzene rings is 2. The number of nitrogens with one attached hydrogen (secondary N) is 2. The largest absolute Gasteiger partial charge is 0.363 e. The number of carbonyl (C=O) groups excluding carboxylic acids is 1. The quantitative estimate of drug-likeness (QED) is 0.393. The van der Waals surface area contributed by atoms with Gasteiger partial charge < -0.3 is 10.2 Å². The summed E-state index contributed by atoms with van der Waals surface area (Å²) in [6.07, 6.45) is 5.30. The van der Waals surface area contributed by atoms with Gasteiger partial charge >= 0.3 is 0 Å². The second-order valence-corrected chi connectivity index (χ2v) is 7.32. The van der Waals surface area contributed by atoms with Crippen molar-refractivity contribution in [3.8, 4) is 0 Å². The smallest absolute Gasteiger partial charge is 0.267 e. The van der Waals surface area contributed by atoms with Crippen molar-refractivity contribution in [1.82, 2.24) is 5.48 Å². The summed E-state index contributed by atoms with van der Waals surface area (Å²) in [6, 6.07) is 16.7. The van der Waals surface area contributed by atoms with E-state index in [0.29, 0.717) is 5.92 Å². The number of rotatable bonds is 7. The number of fused-ring (bicyclic) bond motifs is 1. The molecule has 1 aliphatic heterocycles. The van der Waals surface area contributed by atoms with E-state index in [1.165, 1.54) is 17.3 Å². The molecule has 0 spiro atoms. The van der Waals surface area contributed by atoms with Gasteiger partial charge in [-0.05, 0) is 48.1 Å². The molecule has 0 aliphatic carbocycles. The van der Waals surface area contributed by atoms with Crippen LogP contribution in [-0.2, 0) is 11.2 Å². The van der Waals surface area contributed by atoms with Crippen molar-refractivity contribution in [2.75, 3.05) is 16.8 Å². The zero-order valence-electron chi connectivity index (χ0n) is 15.9. The zero-order valence-corrected chi connectivity index (χ0v) is 15.9. The van der Waals surface area contributed by atoms with Crippen LogP contribution in [0.3, 0.4) is 0 Å². The molecule has 5 nitrogen and oxygen atoms in total. The molecule has 1 amide bonds. The minimum atomic E-state index is -0.536. The van der Waals surface area contributed by atoms with Crippen LogP contribution < -0.4 is 15.7 Å². The molecule has 2 aromatic carbocycles. The molecule has 2 aromatic rings. The Bertz CT molecular complexity index is 802. The Morgan fingerprint density at radius 2 is 2.04 bits per heavy atom. The van der Waals surface area contributed by atoms with Gasteiger partial charge in [0.15, 0.2) is 0 Å². The molecular formula is C22H27N3O2. The molecule has 0 fully saturated rings. The summed E-state index contributed by atoms with van der Waals surface area (Å²) in [5.41, 5.74) is 6.15. The number of nitrogens with zero attached hydrogens (tertiary/aromatic N) is 1. The molecule has 0 aromatic heterocycles. The lowest BCUT2D eigenvalue weighted by Crippen LogP contribution is -2.38. The molecule has 3 N–H and O–H groups in total. The van der Waals surface area contributed by atoms with E-state index in [2.05, 4.69) is 54.4 Å². The van der Waals surface area contributed by atoms with E-state index >= 15 is 0 Å². The lowest BCUT2D eigenvalue weighted by atomic mass is 10.1. The molecule has 1 unspecified atom stereocenters. The first-order chi connectivity index (χ1) is 13.1. The monoisotopic (exact) mass is 365 g/mol. The van der Waals surface area contributed by atoms with Crippen LogP contribution in [0.1, 0.15) is 31.4 Å². The Kier molecular flexibility index (Phi) is 6.14. The highest BCUT2D eigenvalue weighted by Gasteiger charge is 2.28. The lowest BCUT2D eigenvalue weighted by molar-refractivity contribution is -0.124. The minimum Gasteiger partial charge on any atom is -0.363 e. The standard InChI is InChI=1S/C22H27N3O2/c1-16(2)15-25-20-11-8-18(10-13-22(26)24-27)14-19(20)23-21(25)12-9-17-6-4-3-5-7-17/h3-8,10-11,13-14,16,21,23,27H,9,12,15H2,1-2H3,(H,24,26)/b13-10+. The van der Waals surface area contributed by atoms with Gasteiger partial charge in [-0.3, -0.25) is 10.0 Å². The summed E-state index contributed by atoms with van der Waals surface area (Å²) in [5, 5.41) is 12.2. The lowest BCUT2D eigenvalue weighted by Gasteiger charge is -2.28.